The van der Waals surface area contributed by atoms with Crippen LogP contribution in [0.15, 0.2) is 18.2 Å². The minimum absolute atomic E-state index is 0.412. The van der Waals surface area contributed by atoms with Gasteiger partial charge in [-0.3, -0.25) is 0 Å². The highest BCUT2D eigenvalue weighted by Crippen LogP contribution is 2.38. The summed E-state index contributed by atoms with van der Waals surface area (Å²) in [4.78, 5) is 0. The summed E-state index contributed by atoms with van der Waals surface area (Å²) in [5.41, 5.74) is 4.75. The lowest BCUT2D eigenvalue weighted by molar-refractivity contribution is 0.130. The Balaban J connectivity index is 1.68. The molecule has 1 fully saturated rings. The Labute approximate surface area is 129 Å². The molecule has 1 heterocycles. The summed E-state index contributed by atoms with van der Waals surface area (Å²) in [6.07, 6.45) is 6.69. The van der Waals surface area contributed by atoms with E-state index in [1.165, 1.54) is 48.9 Å². The molecule has 116 valence electrons. The van der Waals surface area contributed by atoms with Gasteiger partial charge in [-0.15, -0.1) is 0 Å². The molecule has 2 atom stereocenters. The van der Waals surface area contributed by atoms with Crippen molar-refractivity contribution in [1.82, 2.24) is 5.32 Å². The van der Waals surface area contributed by atoms with E-state index in [9.17, 15) is 0 Å². The van der Waals surface area contributed by atoms with Crippen molar-refractivity contribution in [2.75, 3.05) is 11.9 Å². The fourth-order valence-electron chi connectivity index (χ4n) is 4.21. The van der Waals surface area contributed by atoms with Gasteiger partial charge in [-0.2, -0.15) is 0 Å². The largest absolute Gasteiger partial charge is 0.384 e. The number of nitrogens with one attached hydrogen (secondary N) is 2. The predicted octanol–water partition coefficient (Wildman–Crippen LogP) is 4.35. The second-order valence-electron chi connectivity index (χ2n) is 7.87. The highest BCUT2D eigenvalue weighted by atomic mass is 14.9. The van der Waals surface area contributed by atoms with Crippen molar-refractivity contribution >= 4 is 5.69 Å². The molecule has 2 N–H and O–H groups in total. The molecule has 1 aliphatic carbocycles. The van der Waals surface area contributed by atoms with Gasteiger partial charge in [0.05, 0.1) is 0 Å². The lowest BCUT2D eigenvalue weighted by Gasteiger charge is -2.41. The van der Waals surface area contributed by atoms with Crippen LogP contribution in [0.1, 0.15) is 57.6 Å². The maximum Gasteiger partial charge on any atom is 0.0419 e. The van der Waals surface area contributed by atoms with Gasteiger partial charge in [0.1, 0.15) is 0 Å². The number of hydrogen-bond acceptors (Lipinski definition) is 2. The minimum atomic E-state index is 0.412. The minimum Gasteiger partial charge on any atom is -0.384 e. The zero-order valence-corrected chi connectivity index (χ0v) is 13.8. The van der Waals surface area contributed by atoms with E-state index in [1.54, 1.807) is 0 Å². The molecule has 0 amide bonds. The summed E-state index contributed by atoms with van der Waals surface area (Å²) in [7, 11) is 0. The van der Waals surface area contributed by atoms with Crippen LogP contribution in [0.25, 0.3) is 0 Å². The van der Waals surface area contributed by atoms with Crippen LogP contribution >= 0.6 is 0 Å². The van der Waals surface area contributed by atoms with Crippen molar-refractivity contribution in [3.05, 3.63) is 29.3 Å². The van der Waals surface area contributed by atoms with Crippen LogP contribution in [0.3, 0.4) is 0 Å². The standard InChI is InChI=1S/C19H30N2/c1-19(2,3)16-9-4-5-10-17(16)21-13-15-8-6-7-14-11-12-20-18(14)15/h6-8,16-17,20-21H,4-5,9-13H2,1-3H3. The molecule has 2 nitrogen and oxygen atoms in total. The molecule has 0 bridgehead atoms. The Kier molecular flexibility index (Phi) is 4.26. The van der Waals surface area contributed by atoms with E-state index in [0.29, 0.717) is 11.5 Å². The van der Waals surface area contributed by atoms with Gasteiger partial charge in [-0.05, 0) is 41.7 Å². The molecule has 1 aromatic rings. The lowest BCUT2D eigenvalue weighted by Crippen LogP contribution is -2.44. The molecule has 21 heavy (non-hydrogen) atoms. The molecule has 2 aliphatic rings. The molecule has 2 unspecified atom stereocenters. The smallest absolute Gasteiger partial charge is 0.0419 e. The van der Waals surface area contributed by atoms with Crippen LogP contribution < -0.4 is 10.6 Å². The molecule has 0 aromatic heterocycles. The Morgan fingerprint density at radius 1 is 1.19 bits per heavy atom. The number of para-hydroxylation sites is 1. The highest BCUT2D eigenvalue weighted by molar-refractivity contribution is 5.61. The van der Waals surface area contributed by atoms with Crippen molar-refractivity contribution in [3.8, 4) is 0 Å². The maximum absolute atomic E-state index is 3.88. The third kappa shape index (κ3) is 3.26. The van der Waals surface area contributed by atoms with Crippen molar-refractivity contribution in [3.63, 3.8) is 0 Å². The summed E-state index contributed by atoms with van der Waals surface area (Å²) >= 11 is 0. The van der Waals surface area contributed by atoms with Crippen LogP contribution in [0.4, 0.5) is 5.69 Å². The molecule has 1 aliphatic heterocycles. The molecular weight excluding hydrogens is 256 g/mol. The summed E-state index contributed by atoms with van der Waals surface area (Å²) in [6, 6.07) is 7.43. The molecule has 2 heteroatoms. The van der Waals surface area contributed by atoms with Crippen LogP contribution in [0, 0.1) is 11.3 Å². The van der Waals surface area contributed by atoms with E-state index in [-0.39, 0.29) is 0 Å². The van der Waals surface area contributed by atoms with Crippen LogP contribution in [0.5, 0.6) is 0 Å². The predicted molar refractivity (Wildman–Crippen MR) is 90.7 cm³/mol. The summed E-state index contributed by atoms with van der Waals surface area (Å²) in [5, 5.41) is 7.44. The summed E-state index contributed by atoms with van der Waals surface area (Å²) < 4.78 is 0. The van der Waals surface area contributed by atoms with Crippen molar-refractivity contribution < 1.29 is 0 Å². The highest BCUT2D eigenvalue weighted by Gasteiger charge is 2.33. The topological polar surface area (TPSA) is 24.1 Å². The zero-order chi connectivity index (χ0) is 14.9. The first-order valence-corrected chi connectivity index (χ1v) is 8.64. The Bertz CT molecular complexity index is 487. The van der Waals surface area contributed by atoms with Gasteiger partial charge in [0.2, 0.25) is 0 Å². The zero-order valence-electron chi connectivity index (χ0n) is 13.8. The van der Waals surface area contributed by atoms with Gasteiger partial charge in [-0.25, -0.2) is 0 Å². The Hall–Kier alpha value is -1.02. The Morgan fingerprint density at radius 2 is 2.00 bits per heavy atom. The number of fused-ring (bicyclic) bond motifs is 1. The van der Waals surface area contributed by atoms with E-state index in [0.717, 1.165) is 19.0 Å². The van der Waals surface area contributed by atoms with Crippen LogP contribution in [-0.4, -0.2) is 12.6 Å². The fourth-order valence-corrected chi connectivity index (χ4v) is 4.21. The normalized spacial score (nSPS) is 25.5. The summed E-state index contributed by atoms with van der Waals surface area (Å²) in [5.74, 6) is 0.802. The fraction of sp³-hybridized carbons (Fsp3) is 0.684. The van der Waals surface area contributed by atoms with Gasteiger partial charge in [0.15, 0.2) is 0 Å². The first-order valence-electron chi connectivity index (χ1n) is 8.64. The van der Waals surface area contributed by atoms with Gasteiger partial charge >= 0.3 is 0 Å². The molecule has 0 saturated heterocycles. The molecule has 1 saturated carbocycles. The van der Waals surface area contributed by atoms with Gasteiger partial charge in [0.25, 0.3) is 0 Å². The first kappa shape index (κ1) is 14.9. The van der Waals surface area contributed by atoms with Gasteiger partial charge < -0.3 is 10.6 Å². The number of anilines is 1. The summed E-state index contributed by atoms with van der Waals surface area (Å²) in [6.45, 7) is 9.31. The third-order valence-corrected chi connectivity index (χ3v) is 5.37. The second kappa shape index (κ2) is 6.00. The maximum atomic E-state index is 3.88. The van der Waals surface area contributed by atoms with Crippen molar-refractivity contribution in [2.45, 2.75) is 65.5 Å². The molecule has 3 rings (SSSR count). The number of rotatable bonds is 3. The van der Waals surface area contributed by atoms with Crippen LogP contribution in [0.2, 0.25) is 0 Å². The lowest BCUT2D eigenvalue weighted by atomic mass is 9.69. The van der Waals surface area contributed by atoms with Crippen molar-refractivity contribution in [2.24, 2.45) is 11.3 Å². The average molecular weight is 286 g/mol. The van der Waals surface area contributed by atoms with Crippen molar-refractivity contribution in [1.29, 1.82) is 0 Å². The monoisotopic (exact) mass is 286 g/mol. The van der Waals surface area contributed by atoms with Crippen LogP contribution in [-0.2, 0) is 13.0 Å². The third-order valence-electron chi connectivity index (χ3n) is 5.37. The van der Waals surface area contributed by atoms with E-state index in [2.05, 4.69) is 49.6 Å². The number of benzene rings is 1. The van der Waals surface area contributed by atoms with Gasteiger partial charge in [-0.1, -0.05) is 51.8 Å². The number of hydrogen-bond donors (Lipinski definition) is 2. The van der Waals surface area contributed by atoms with E-state index >= 15 is 0 Å². The molecule has 1 aromatic carbocycles. The molecule has 0 spiro atoms. The first-order chi connectivity index (χ1) is 10.1. The van der Waals surface area contributed by atoms with E-state index in [4.69, 9.17) is 0 Å². The van der Waals surface area contributed by atoms with E-state index < -0.39 is 0 Å². The SMILES string of the molecule is CC(C)(C)C1CCCCC1NCc1cccc2c1NCC2. The Morgan fingerprint density at radius 3 is 2.81 bits per heavy atom. The van der Waals surface area contributed by atoms with Gasteiger partial charge in [0, 0.05) is 24.8 Å². The van der Waals surface area contributed by atoms with E-state index in [1.807, 2.05) is 0 Å². The quantitative estimate of drug-likeness (QED) is 0.863. The molecular formula is C19H30N2. The second-order valence-corrected chi connectivity index (χ2v) is 7.87. The molecule has 0 radical (unpaired) electrons. The average Bonchev–Trinajstić information content (AvgIpc) is 2.93.